The number of nitrogens with zero attached hydrogens (tertiary/aromatic N) is 4. The smallest absolute Gasteiger partial charge is 0.354 e. The molecule has 0 bridgehead atoms. The molecular weight excluding hydrogens is 489 g/mol. The largest absolute Gasteiger partial charge is 0.481 e. The summed E-state index contributed by atoms with van der Waals surface area (Å²) in [7, 11) is 0. The van der Waals surface area contributed by atoms with Gasteiger partial charge < -0.3 is 15.3 Å². The molecule has 3 aromatic rings. The fourth-order valence-electron chi connectivity index (χ4n) is 4.15. The Morgan fingerprint density at radius 1 is 1.11 bits per heavy atom. The summed E-state index contributed by atoms with van der Waals surface area (Å²) in [6, 6.07) is 11.4. The molecule has 4 rings (SSSR count). The molecular formula is C25H27ClFN5O4. The van der Waals surface area contributed by atoms with Crippen molar-refractivity contribution in [1.82, 2.24) is 14.1 Å². The van der Waals surface area contributed by atoms with Crippen LogP contribution in [-0.2, 0) is 17.9 Å². The molecule has 36 heavy (non-hydrogen) atoms. The molecule has 0 aliphatic carbocycles. The number of anilines is 3. The van der Waals surface area contributed by atoms with Gasteiger partial charge in [-0.05, 0) is 55.2 Å². The van der Waals surface area contributed by atoms with Crippen LogP contribution in [0.25, 0.3) is 0 Å². The van der Waals surface area contributed by atoms with Gasteiger partial charge in [0.25, 0.3) is 0 Å². The van der Waals surface area contributed by atoms with Crippen LogP contribution >= 0.6 is 11.6 Å². The molecule has 9 nitrogen and oxygen atoms in total. The van der Waals surface area contributed by atoms with E-state index in [-0.39, 0.29) is 19.0 Å². The summed E-state index contributed by atoms with van der Waals surface area (Å²) in [4.78, 5) is 43.3. The molecule has 190 valence electrons. The number of hydrogen-bond donors (Lipinski definition) is 2. The number of aliphatic carboxylic acids is 1. The molecule has 0 unspecified atom stereocenters. The summed E-state index contributed by atoms with van der Waals surface area (Å²) < 4.78 is 17.0. The van der Waals surface area contributed by atoms with Crippen molar-refractivity contribution < 1.29 is 14.3 Å². The molecule has 1 atom stereocenters. The van der Waals surface area contributed by atoms with E-state index in [0.29, 0.717) is 22.0 Å². The first-order valence-corrected chi connectivity index (χ1v) is 12.1. The van der Waals surface area contributed by atoms with Gasteiger partial charge in [-0.2, -0.15) is 4.98 Å². The predicted octanol–water partition coefficient (Wildman–Crippen LogP) is 3.70. The fraction of sp³-hybridized carbons (Fsp3) is 0.360. The lowest BCUT2D eigenvalue weighted by Crippen LogP contribution is -2.44. The van der Waals surface area contributed by atoms with Gasteiger partial charge in [0.05, 0.1) is 18.2 Å². The molecule has 11 heteroatoms. The average Bonchev–Trinajstić information content (AvgIpc) is 2.85. The number of nitrogens with one attached hydrogen (secondary N) is 1. The third kappa shape index (κ3) is 5.76. The molecule has 1 saturated heterocycles. The number of carbonyl (C=O) groups is 1. The van der Waals surface area contributed by atoms with Crippen LogP contribution in [0.15, 0.2) is 52.1 Å². The lowest BCUT2D eigenvalue weighted by molar-refractivity contribution is -0.141. The maximum Gasteiger partial charge on any atom is 0.354 e. The van der Waals surface area contributed by atoms with E-state index in [2.05, 4.69) is 10.3 Å². The van der Waals surface area contributed by atoms with Crippen LogP contribution in [-0.4, -0.2) is 38.3 Å². The highest BCUT2D eigenvalue weighted by Crippen LogP contribution is 2.27. The highest BCUT2D eigenvalue weighted by Gasteiger charge is 2.20. The van der Waals surface area contributed by atoms with E-state index in [0.717, 1.165) is 36.9 Å². The van der Waals surface area contributed by atoms with Crippen molar-refractivity contribution in [1.29, 1.82) is 0 Å². The van der Waals surface area contributed by atoms with Crippen LogP contribution < -0.4 is 21.6 Å². The molecule has 1 aromatic heterocycles. The van der Waals surface area contributed by atoms with Crippen molar-refractivity contribution in [2.24, 2.45) is 5.92 Å². The Morgan fingerprint density at radius 2 is 1.81 bits per heavy atom. The van der Waals surface area contributed by atoms with Gasteiger partial charge >= 0.3 is 17.3 Å². The number of piperidine rings is 1. The molecule has 1 aliphatic heterocycles. The highest BCUT2D eigenvalue weighted by atomic mass is 35.5. The van der Waals surface area contributed by atoms with Gasteiger partial charge in [-0.25, -0.2) is 18.5 Å². The van der Waals surface area contributed by atoms with Gasteiger partial charge in [0, 0.05) is 30.3 Å². The minimum atomic E-state index is -1.14. The van der Waals surface area contributed by atoms with E-state index in [1.54, 1.807) is 36.4 Å². The quantitative estimate of drug-likeness (QED) is 0.470. The number of aromatic nitrogens is 3. The van der Waals surface area contributed by atoms with Crippen LogP contribution in [0.2, 0.25) is 5.02 Å². The maximum atomic E-state index is 15.0. The van der Waals surface area contributed by atoms with Crippen molar-refractivity contribution in [3.8, 4) is 0 Å². The highest BCUT2D eigenvalue weighted by molar-refractivity contribution is 6.30. The Bertz CT molecular complexity index is 1370. The standard InChI is InChI=1S/C25H27ClFN5O4/c1-16(22(33)34)14-32-24(35)29-23(31(25(32)36)15-17-5-7-18(26)8-6-17)28-19-9-10-21(20(27)13-19)30-11-3-2-4-12-30/h5-10,13,16H,2-4,11-12,14-15H2,1H3,(H,33,34)(H,28,29,35)/t16-/m0/s1. The topological polar surface area (TPSA) is 109 Å². The van der Waals surface area contributed by atoms with Gasteiger partial charge in [-0.1, -0.05) is 30.7 Å². The molecule has 1 fully saturated rings. The predicted molar refractivity (Wildman–Crippen MR) is 136 cm³/mol. The second kappa shape index (κ2) is 10.9. The Balaban J connectivity index is 1.71. The Hall–Kier alpha value is -3.66. The summed E-state index contributed by atoms with van der Waals surface area (Å²) in [6.07, 6.45) is 3.15. The van der Waals surface area contributed by atoms with Gasteiger partial charge in [0.2, 0.25) is 5.95 Å². The first kappa shape index (κ1) is 25.4. The summed E-state index contributed by atoms with van der Waals surface area (Å²) in [5, 5.41) is 12.7. The zero-order valence-electron chi connectivity index (χ0n) is 19.8. The van der Waals surface area contributed by atoms with Crippen LogP contribution in [0, 0.1) is 11.7 Å². The Kier molecular flexibility index (Phi) is 7.73. The van der Waals surface area contributed by atoms with E-state index in [9.17, 15) is 23.9 Å². The molecule has 2 aromatic carbocycles. The number of hydrogen-bond acceptors (Lipinski definition) is 6. The average molecular weight is 516 g/mol. The van der Waals surface area contributed by atoms with Gasteiger partial charge in [-0.3, -0.25) is 9.36 Å². The van der Waals surface area contributed by atoms with Crippen LogP contribution in [0.3, 0.4) is 0 Å². The molecule has 0 saturated carbocycles. The van der Waals surface area contributed by atoms with Gasteiger partial charge in [0.15, 0.2) is 0 Å². The van der Waals surface area contributed by atoms with Crippen LogP contribution in [0.1, 0.15) is 31.7 Å². The molecule has 0 spiro atoms. The van der Waals surface area contributed by atoms with E-state index in [1.807, 2.05) is 4.90 Å². The monoisotopic (exact) mass is 515 g/mol. The minimum Gasteiger partial charge on any atom is -0.481 e. The normalized spacial score (nSPS) is 14.5. The molecule has 1 aliphatic rings. The number of carboxylic acids is 1. The maximum absolute atomic E-state index is 15.0. The Labute approximate surface area is 211 Å². The van der Waals surface area contributed by atoms with Crippen molar-refractivity contribution >= 4 is 34.9 Å². The first-order valence-electron chi connectivity index (χ1n) is 11.7. The first-order chi connectivity index (χ1) is 17.2. The summed E-state index contributed by atoms with van der Waals surface area (Å²) in [5.74, 6) is -2.62. The van der Waals surface area contributed by atoms with E-state index in [4.69, 9.17) is 11.6 Å². The summed E-state index contributed by atoms with van der Waals surface area (Å²) in [5.41, 5.74) is -0.0975. The van der Waals surface area contributed by atoms with Gasteiger partial charge in [0.1, 0.15) is 5.82 Å². The van der Waals surface area contributed by atoms with E-state index < -0.39 is 29.1 Å². The SMILES string of the molecule is C[C@@H](Cn1c(=O)nc(Nc2ccc(N3CCCCC3)c(F)c2)n(Cc2ccc(Cl)cc2)c1=O)C(=O)O. The Morgan fingerprint density at radius 3 is 2.44 bits per heavy atom. The summed E-state index contributed by atoms with van der Waals surface area (Å²) >= 11 is 5.97. The van der Waals surface area contributed by atoms with Crippen LogP contribution in [0.5, 0.6) is 0 Å². The van der Waals surface area contributed by atoms with E-state index in [1.165, 1.54) is 17.6 Å². The minimum absolute atomic E-state index is 0.0292. The number of halogens is 2. The third-order valence-electron chi connectivity index (χ3n) is 6.18. The van der Waals surface area contributed by atoms with Crippen LogP contribution in [0.4, 0.5) is 21.7 Å². The second-order valence-corrected chi connectivity index (χ2v) is 9.34. The van der Waals surface area contributed by atoms with Crippen molar-refractivity contribution in [2.45, 2.75) is 39.3 Å². The van der Waals surface area contributed by atoms with E-state index >= 15 is 0 Å². The third-order valence-corrected chi connectivity index (χ3v) is 6.43. The zero-order chi connectivity index (χ0) is 25.8. The van der Waals surface area contributed by atoms with Crippen molar-refractivity contribution in [3.05, 3.63) is 79.8 Å². The van der Waals surface area contributed by atoms with Crippen molar-refractivity contribution in [3.63, 3.8) is 0 Å². The number of rotatable bonds is 8. The van der Waals surface area contributed by atoms with Gasteiger partial charge in [-0.15, -0.1) is 0 Å². The molecule has 0 radical (unpaired) electrons. The lowest BCUT2D eigenvalue weighted by Gasteiger charge is -2.29. The number of carboxylic acid groups (broad SMARTS) is 1. The molecule has 2 N–H and O–H groups in total. The van der Waals surface area contributed by atoms with Crippen molar-refractivity contribution in [2.75, 3.05) is 23.3 Å². The lowest BCUT2D eigenvalue weighted by atomic mass is 10.1. The fourth-order valence-corrected chi connectivity index (χ4v) is 4.28. The summed E-state index contributed by atoms with van der Waals surface area (Å²) in [6.45, 7) is 2.68. The second-order valence-electron chi connectivity index (χ2n) is 8.90. The molecule has 2 heterocycles. The molecule has 0 amide bonds. The zero-order valence-corrected chi connectivity index (χ0v) is 20.5. The number of benzene rings is 2.